The molecule has 0 unspecified atom stereocenters. The highest BCUT2D eigenvalue weighted by Crippen LogP contribution is 2.10. The van der Waals surface area contributed by atoms with Gasteiger partial charge in [0.25, 0.3) is 5.91 Å². The third-order valence-corrected chi connectivity index (χ3v) is 2.49. The Morgan fingerprint density at radius 3 is 2.61 bits per heavy atom. The number of carbonyl (C=O) groups is 1. The molecule has 18 heavy (non-hydrogen) atoms. The van der Waals surface area contributed by atoms with Crippen molar-refractivity contribution in [2.75, 3.05) is 0 Å². The lowest BCUT2D eigenvalue weighted by Gasteiger charge is -1.98. The first-order valence-corrected chi connectivity index (χ1v) is 5.62. The molecule has 1 aromatic carbocycles. The van der Waals surface area contributed by atoms with Gasteiger partial charge < -0.3 is 4.42 Å². The highest BCUT2D eigenvalue weighted by atomic mass is 16.3. The average molecular weight is 242 g/mol. The number of nitrogens with one attached hydrogen (secondary N) is 1. The lowest BCUT2D eigenvalue weighted by Crippen LogP contribution is -2.17. The van der Waals surface area contributed by atoms with Crippen molar-refractivity contribution in [3.63, 3.8) is 0 Å². The van der Waals surface area contributed by atoms with Gasteiger partial charge in [0.2, 0.25) is 0 Å². The van der Waals surface area contributed by atoms with Crippen LogP contribution in [0.5, 0.6) is 0 Å². The van der Waals surface area contributed by atoms with Crippen molar-refractivity contribution in [3.05, 3.63) is 59.0 Å². The topological polar surface area (TPSA) is 54.6 Å². The second-order valence-corrected chi connectivity index (χ2v) is 3.93. The summed E-state index contributed by atoms with van der Waals surface area (Å²) in [5, 5.41) is 3.91. The quantitative estimate of drug-likeness (QED) is 0.664. The minimum atomic E-state index is -0.232. The summed E-state index contributed by atoms with van der Waals surface area (Å²) in [6.45, 7) is 3.72. The fourth-order valence-electron chi connectivity index (χ4n) is 1.59. The van der Waals surface area contributed by atoms with Gasteiger partial charge in [-0.1, -0.05) is 18.2 Å². The molecule has 4 heteroatoms. The second kappa shape index (κ2) is 5.31. The maximum absolute atomic E-state index is 11.7. The molecule has 0 fully saturated rings. The van der Waals surface area contributed by atoms with E-state index in [0.717, 1.165) is 17.1 Å². The van der Waals surface area contributed by atoms with Gasteiger partial charge in [-0.15, -0.1) is 0 Å². The molecule has 0 spiro atoms. The van der Waals surface area contributed by atoms with Crippen LogP contribution in [0.15, 0.2) is 45.9 Å². The number of furan rings is 1. The number of hydrogen-bond donors (Lipinski definition) is 1. The molecule has 1 heterocycles. The van der Waals surface area contributed by atoms with Crippen LogP contribution >= 0.6 is 0 Å². The first-order valence-electron chi connectivity index (χ1n) is 5.62. The van der Waals surface area contributed by atoms with Crippen LogP contribution in [0.1, 0.15) is 27.4 Å². The fraction of sp³-hybridized carbons (Fsp3) is 0.143. The molecule has 1 N–H and O–H groups in total. The third kappa shape index (κ3) is 2.85. The smallest absolute Gasteiger partial charge is 0.271 e. The summed E-state index contributed by atoms with van der Waals surface area (Å²) in [5.74, 6) is 1.37. The Morgan fingerprint density at radius 1 is 1.28 bits per heavy atom. The Labute approximate surface area is 105 Å². The van der Waals surface area contributed by atoms with Crippen molar-refractivity contribution < 1.29 is 9.21 Å². The van der Waals surface area contributed by atoms with Gasteiger partial charge in [-0.3, -0.25) is 4.79 Å². The zero-order valence-electron chi connectivity index (χ0n) is 10.3. The minimum Gasteiger partial charge on any atom is -0.466 e. The van der Waals surface area contributed by atoms with Crippen molar-refractivity contribution in [2.24, 2.45) is 5.10 Å². The maximum Gasteiger partial charge on any atom is 0.271 e. The van der Waals surface area contributed by atoms with Gasteiger partial charge in [-0.05, 0) is 32.0 Å². The molecule has 2 rings (SSSR count). The summed E-state index contributed by atoms with van der Waals surface area (Å²) in [6.07, 6.45) is 1.58. The van der Waals surface area contributed by atoms with Crippen molar-refractivity contribution in [1.82, 2.24) is 5.43 Å². The molecular formula is C14H14N2O2. The first-order chi connectivity index (χ1) is 8.66. The Balaban J connectivity index is 2.00. The third-order valence-electron chi connectivity index (χ3n) is 2.49. The summed E-state index contributed by atoms with van der Waals surface area (Å²) >= 11 is 0. The molecule has 0 radical (unpaired) electrons. The largest absolute Gasteiger partial charge is 0.466 e. The normalized spacial score (nSPS) is 10.8. The predicted molar refractivity (Wildman–Crippen MR) is 69.7 cm³/mol. The molecule has 0 aliphatic heterocycles. The van der Waals surface area contributed by atoms with Crippen LogP contribution in [0.25, 0.3) is 0 Å². The lowest BCUT2D eigenvalue weighted by atomic mass is 10.2. The molecule has 0 aliphatic carbocycles. The molecule has 0 saturated heterocycles. The maximum atomic E-state index is 11.7. The predicted octanol–water partition coefficient (Wildman–Crippen LogP) is 2.66. The van der Waals surface area contributed by atoms with E-state index in [1.54, 1.807) is 18.3 Å². The molecule has 4 nitrogen and oxygen atoms in total. The summed E-state index contributed by atoms with van der Waals surface area (Å²) in [6, 6.07) is 10.8. The van der Waals surface area contributed by atoms with Gasteiger partial charge in [0.05, 0.1) is 6.21 Å². The van der Waals surface area contributed by atoms with Crippen molar-refractivity contribution in [2.45, 2.75) is 13.8 Å². The van der Waals surface area contributed by atoms with Crippen LogP contribution in [0.4, 0.5) is 0 Å². The highest BCUT2D eigenvalue weighted by molar-refractivity contribution is 5.94. The van der Waals surface area contributed by atoms with Crippen LogP contribution in [-0.4, -0.2) is 12.1 Å². The van der Waals surface area contributed by atoms with Crippen molar-refractivity contribution in [1.29, 1.82) is 0 Å². The molecule has 2 aromatic rings. The standard InChI is InChI=1S/C14H14N2O2/c1-10-8-13(11(2)18-10)9-15-16-14(17)12-6-4-3-5-7-12/h3-9H,1-2H3,(H,16,17)/b15-9+. The fourth-order valence-corrected chi connectivity index (χ4v) is 1.59. The molecular weight excluding hydrogens is 228 g/mol. The number of amides is 1. The number of carbonyl (C=O) groups excluding carboxylic acids is 1. The van der Waals surface area contributed by atoms with Gasteiger partial charge in [-0.25, -0.2) is 5.43 Å². The van der Waals surface area contributed by atoms with E-state index in [2.05, 4.69) is 10.5 Å². The second-order valence-electron chi connectivity index (χ2n) is 3.93. The SMILES string of the molecule is Cc1cc(/C=N/NC(=O)c2ccccc2)c(C)o1. The highest BCUT2D eigenvalue weighted by Gasteiger charge is 2.03. The van der Waals surface area contributed by atoms with Gasteiger partial charge in [0.1, 0.15) is 11.5 Å². The molecule has 1 amide bonds. The summed E-state index contributed by atoms with van der Waals surface area (Å²) in [4.78, 5) is 11.7. The zero-order valence-corrected chi connectivity index (χ0v) is 10.3. The number of hydrogen-bond acceptors (Lipinski definition) is 3. The van der Waals surface area contributed by atoms with Gasteiger partial charge >= 0.3 is 0 Å². The molecule has 0 aliphatic rings. The number of nitrogens with zero attached hydrogens (tertiary/aromatic N) is 1. The summed E-state index contributed by atoms with van der Waals surface area (Å²) in [7, 11) is 0. The van der Waals surface area contributed by atoms with E-state index in [0.29, 0.717) is 5.56 Å². The number of benzene rings is 1. The van der Waals surface area contributed by atoms with Crippen molar-refractivity contribution >= 4 is 12.1 Å². The van der Waals surface area contributed by atoms with E-state index in [4.69, 9.17) is 4.42 Å². The lowest BCUT2D eigenvalue weighted by molar-refractivity contribution is 0.0955. The monoisotopic (exact) mass is 242 g/mol. The van der Waals surface area contributed by atoms with Gasteiger partial charge in [0.15, 0.2) is 0 Å². The zero-order chi connectivity index (χ0) is 13.0. The Bertz CT molecular complexity index is 571. The van der Waals surface area contributed by atoms with Crippen LogP contribution in [0.2, 0.25) is 0 Å². The number of hydrazone groups is 1. The molecule has 1 aromatic heterocycles. The Morgan fingerprint density at radius 2 is 2.00 bits per heavy atom. The molecule has 0 saturated carbocycles. The first kappa shape index (κ1) is 12.1. The Hall–Kier alpha value is -2.36. The number of rotatable bonds is 3. The van der Waals surface area contributed by atoms with Gasteiger partial charge in [-0.2, -0.15) is 5.10 Å². The molecule has 92 valence electrons. The van der Waals surface area contributed by atoms with Crippen molar-refractivity contribution in [3.8, 4) is 0 Å². The van der Waals surface area contributed by atoms with E-state index in [-0.39, 0.29) is 5.91 Å². The summed E-state index contributed by atoms with van der Waals surface area (Å²) in [5.41, 5.74) is 3.91. The van der Waals surface area contributed by atoms with Crippen LogP contribution in [0, 0.1) is 13.8 Å². The van der Waals surface area contributed by atoms with Crippen LogP contribution in [-0.2, 0) is 0 Å². The van der Waals surface area contributed by atoms with E-state index >= 15 is 0 Å². The average Bonchev–Trinajstić information content (AvgIpc) is 2.69. The van der Waals surface area contributed by atoms with Crippen LogP contribution in [0.3, 0.4) is 0 Å². The Kier molecular flexibility index (Phi) is 3.57. The van der Waals surface area contributed by atoms with E-state index in [1.807, 2.05) is 38.1 Å². The van der Waals surface area contributed by atoms with E-state index in [1.165, 1.54) is 0 Å². The van der Waals surface area contributed by atoms with Crippen LogP contribution < -0.4 is 5.43 Å². The molecule has 0 atom stereocenters. The van der Waals surface area contributed by atoms with E-state index in [9.17, 15) is 4.79 Å². The van der Waals surface area contributed by atoms with E-state index < -0.39 is 0 Å². The number of aryl methyl sites for hydroxylation is 2. The minimum absolute atomic E-state index is 0.232. The molecule has 0 bridgehead atoms. The van der Waals surface area contributed by atoms with Gasteiger partial charge in [0, 0.05) is 11.1 Å². The summed E-state index contributed by atoms with van der Waals surface area (Å²) < 4.78 is 5.35.